The predicted octanol–water partition coefficient (Wildman–Crippen LogP) is 2.13. The minimum Gasteiger partial charge on any atom is -0.394 e. The zero-order valence-electron chi connectivity index (χ0n) is 15.3. The van der Waals surface area contributed by atoms with Crippen molar-refractivity contribution in [1.82, 2.24) is 0 Å². The van der Waals surface area contributed by atoms with Gasteiger partial charge in [0.25, 0.3) is 0 Å². The van der Waals surface area contributed by atoms with E-state index in [0.717, 1.165) is 33.4 Å². The van der Waals surface area contributed by atoms with E-state index in [1.807, 2.05) is 64.1 Å². The Hall–Kier alpha value is -1.72. The second-order valence-electron chi connectivity index (χ2n) is 6.90. The van der Waals surface area contributed by atoms with Gasteiger partial charge in [0.1, 0.15) is 12.2 Å². The molecule has 3 atom stereocenters. The molecule has 0 radical (unpaired) electrons. The molecule has 0 heterocycles. The van der Waals surface area contributed by atoms with E-state index < -0.39 is 30.8 Å². The maximum Gasteiger partial charge on any atom is 0.109 e. The molecule has 2 aromatic carbocycles. The molecule has 0 saturated heterocycles. The summed E-state index contributed by atoms with van der Waals surface area (Å²) in [7, 11) is 0. The van der Waals surface area contributed by atoms with E-state index in [2.05, 4.69) is 0 Å². The maximum absolute atomic E-state index is 10.8. The lowest BCUT2D eigenvalue weighted by Crippen LogP contribution is -2.43. The number of hydrogen-bond acceptors (Lipinski definition) is 4. The monoisotopic (exact) mass is 344 g/mol. The Morgan fingerprint density at radius 1 is 0.680 bits per heavy atom. The molecule has 0 fully saturated rings. The summed E-state index contributed by atoms with van der Waals surface area (Å²) in [5, 5.41) is 39.9. The molecule has 2 aromatic rings. The van der Waals surface area contributed by atoms with Crippen LogP contribution in [0.3, 0.4) is 0 Å². The Morgan fingerprint density at radius 3 is 1.48 bits per heavy atom. The molecule has 0 saturated carbocycles. The van der Waals surface area contributed by atoms with Crippen LogP contribution in [0.4, 0.5) is 0 Å². The summed E-state index contributed by atoms with van der Waals surface area (Å²) in [6, 6.07) is 11.8. The topological polar surface area (TPSA) is 80.9 Å². The van der Waals surface area contributed by atoms with Gasteiger partial charge in [-0.25, -0.2) is 0 Å². The Balaban J connectivity index is 2.53. The first-order valence-corrected chi connectivity index (χ1v) is 8.55. The number of rotatable bonds is 6. The number of benzene rings is 2. The minimum absolute atomic E-state index is 0.505. The quantitative estimate of drug-likeness (QED) is 0.647. The van der Waals surface area contributed by atoms with Gasteiger partial charge in [-0.15, -0.1) is 0 Å². The predicted molar refractivity (Wildman–Crippen MR) is 98.8 cm³/mol. The van der Waals surface area contributed by atoms with Crippen LogP contribution in [0.1, 0.15) is 39.3 Å². The normalized spacial score (nSPS) is 15.2. The van der Waals surface area contributed by atoms with E-state index in [1.54, 1.807) is 0 Å². The number of aliphatic hydroxyl groups excluding tert-OH is 4. The molecular formula is C21H28O4. The molecular weight excluding hydrogens is 316 g/mol. The highest BCUT2D eigenvalue weighted by Crippen LogP contribution is 2.32. The molecule has 0 unspecified atom stereocenters. The summed E-state index contributed by atoms with van der Waals surface area (Å²) in [4.78, 5) is 0. The van der Waals surface area contributed by atoms with Gasteiger partial charge in [0.15, 0.2) is 0 Å². The first-order chi connectivity index (χ1) is 11.8. The fourth-order valence-electron chi connectivity index (χ4n) is 3.04. The Kier molecular flexibility index (Phi) is 6.36. The molecule has 0 aromatic heterocycles. The summed E-state index contributed by atoms with van der Waals surface area (Å²) in [5.41, 5.74) is 6.21. The lowest BCUT2D eigenvalue weighted by atomic mass is 9.81. The third-order valence-corrected chi connectivity index (χ3v) is 5.05. The Morgan fingerprint density at radius 2 is 1.12 bits per heavy atom. The molecule has 2 rings (SSSR count). The molecule has 0 aliphatic carbocycles. The smallest absolute Gasteiger partial charge is 0.109 e. The summed E-state index contributed by atoms with van der Waals surface area (Å²) >= 11 is 0. The largest absolute Gasteiger partial charge is 0.394 e. The Labute approximate surface area is 149 Å². The molecule has 4 heteroatoms. The lowest BCUT2D eigenvalue weighted by Gasteiger charge is -2.30. The standard InChI is InChI=1S/C21H28O4/c1-12-5-7-16(9-14(12)3)19(21(25)20(24)18(23)11-22)17-8-6-13(2)15(4)10-17/h5-10,18-25H,11H2,1-4H3/t18-,20+,21-/m1/s1. The molecule has 0 spiro atoms. The van der Waals surface area contributed by atoms with Gasteiger partial charge in [-0.1, -0.05) is 36.4 Å². The van der Waals surface area contributed by atoms with Crippen molar-refractivity contribution in [3.8, 4) is 0 Å². The van der Waals surface area contributed by atoms with Crippen LogP contribution in [-0.4, -0.2) is 45.3 Å². The van der Waals surface area contributed by atoms with Crippen LogP contribution >= 0.6 is 0 Å². The van der Waals surface area contributed by atoms with Crippen LogP contribution in [0.15, 0.2) is 36.4 Å². The van der Waals surface area contributed by atoms with Crippen molar-refractivity contribution in [2.24, 2.45) is 0 Å². The fourth-order valence-corrected chi connectivity index (χ4v) is 3.04. The second kappa shape index (κ2) is 8.11. The average Bonchev–Trinajstić information content (AvgIpc) is 2.59. The van der Waals surface area contributed by atoms with Crippen LogP contribution in [0.5, 0.6) is 0 Å². The van der Waals surface area contributed by atoms with E-state index in [0.29, 0.717) is 0 Å². The molecule has 0 aliphatic rings. The van der Waals surface area contributed by atoms with Gasteiger partial charge in [0.05, 0.1) is 12.7 Å². The number of hydrogen-bond donors (Lipinski definition) is 4. The van der Waals surface area contributed by atoms with E-state index in [1.165, 1.54) is 0 Å². The van der Waals surface area contributed by atoms with Crippen LogP contribution in [-0.2, 0) is 0 Å². The van der Waals surface area contributed by atoms with Crippen molar-refractivity contribution in [2.75, 3.05) is 6.61 Å². The van der Waals surface area contributed by atoms with E-state index in [4.69, 9.17) is 5.11 Å². The first kappa shape index (κ1) is 19.6. The van der Waals surface area contributed by atoms with Gasteiger partial charge in [-0.3, -0.25) is 0 Å². The van der Waals surface area contributed by atoms with Crippen molar-refractivity contribution in [3.63, 3.8) is 0 Å². The number of aliphatic hydroxyl groups is 4. The van der Waals surface area contributed by atoms with Crippen molar-refractivity contribution >= 4 is 0 Å². The van der Waals surface area contributed by atoms with Crippen LogP contribution in [0, 0.1) is 27.7 Å². The SMILES string of the molecule is Cc1ccc(C(c2ccc(C)c(C)c2)[C@@H](O)[C@@H](O)[C@H](O)CO)cc1C. The highest BCUT2D eigenvalue weighted by molar-refractivity contribution is 5.41. The van der Waals surface area contributed by atoms with E-state index in [-0.39, 0.29) is 0 Å². The third-order valence-electron chi connectivity index (χ3n) is 5.05. The van der Waals surface area contributed by atoms with Crippen molar-refractivity contribution in [1.29, 1.82) is 0 Å². The summed E-state index contributed by atoms with van der Waals surface area (Å²) in [6.07, 6.45) is -4.08. The van der Waals surface area contributed by atoms with Gasteiger partial charge in [-0.2, -0.15) is 0 Å². The van der Waals surface area contributed by atoms with Crippen LogP contribution in [0.2, 0.25) is 0 Å². The zero-order chi connectivity index (χ0) is 18.7. The molecule has 136 valence electrons. The zero-order valence-corrected chi connectivity index (χ0v) is 15.3. The maximum atomic E-state index is 10.8. The van der Waals surface area contributed by atoms with Crippen molar-refractivity contribution in [2.45, 2.75) is 51.9 Å². The van der Waals surface area contributed by atoms with E-state index in [9.17, 15) is 15.3 Å². The lowest BCUT2D eigenvalue weighted by molar-refractivity contribution is -0.0806. The van der Waals surface area contributed by atoms with Gasteiger partial charge in [0, 0.05) is 5.92 Å². The fraction of sp³-hybridized carbons (Fsp3) is 0.429. The van der Waals surface area contributed by atoms with Gasteiger partial charge < -0.3 is 20.4 Å². The number of aryl methyl sites for hydroxylation is 4. The molecule has 0 bridgehead atoms. The van der Waals surface area contributed by atoms with Gasteiger partial charge in [0.2, 0.25) is 0 Å². The average molecular weight is 344 g/mol. The van der Waals surface area contributed by atoms with Crippen LogP contribution in [0.25, 0.3) is 0 Å². The first-order valence-electron chi connectivity index (χ1n) is 8.55. The summed E-state index contributed by atoms with van der Waals surface area (Å²) < 4.78 is 0. The third kappa shape index (κ3) is 4.28. The van der Waals surface area contributed by atoms with Crippen LogP contribution < -0.4 is 0 Å². The Bertz CT molecular complexity index is 674. The van der Waals surface area contributed by atoms with Crippen molar-refractivity contribution in [3.05, 3.63) is 69.8 Å². The molecule has 0 amide bonds. The van der Waals surface area contributed by atoms with Gasteiger partial charge in [-0.05, 0) is 61.1 Å². The molecule has 4 N–H and O–H groups in total. The van der Waals surface area contributed by atoms with E-state index >= 15 is 0 Å². The highest BCUT2D eigenvalue weighted by Gasteiger charge is 2.33. The van der Waals surface area contributed by atoms with Crippen molar-refractivity contribution < 1.29 is 20.4 Å². The second-order valence-corrected chi connectivity index (χ2v) is 6.90. The summed E-state index contributed by atoms with van der Waals surface area (Å²) in [6.45, 7) is 7.43. The van der Waals surface area contributed by atoms with Gasteiger partial charge >= 0.3 is 0 Å². The molecule has 25 heavy (non-hydrogen) atoms. The molecule has 0 aliphatic heterocycles. The molecule has 4 nitrogen and oxygen atoms in total. The summed E-state index contributed by atoms with van der Waals surface area (Å²) in [5.74, 6) is -0.505. The minimum atomic E-state index is -1.45. The highest BCUT2D eigenvalue weighted by atomic mass is 16.4.